The first-order valence-electron chi connectivity index (χ1n) is 8.93. The normalized spacial score (nSPS) is 15.0. The van der Waals surface area contributed by atoms with E-state index in [0.717, 1.165) is 24.0 Å². The van der Waals surface area contributed by atoms with Gasteiger partial charge >= 0.3 is 0 Å². The first-order valence-corrected chi connectivity index (χ1v) is 8.93. The minimum Gasteiger partial charge on any atom is -0.486 e. The lowest BCUT2D eigenvalue weighted by Gasteiger charge is -2.10. The Kier molecular flexibility index (Phi) is 4.63. The molecule has 3 aromatic rings. The van der Waals surface area contributed by atoms with E-state index in [9.17, 15) is 4.79 Å². The van der Waals surface area contributed by atoms with E-state index >= 15 is 0 Å². The maximum atomic E-state index is 12.1. The molecule has 1 aliphatic rings. The Balaban J connectivity index is 1.33. The molecule has 4 rings (SSSR count). The van der Waals surface area contributed by atoms with Crippen LogP contribution in [-0.2, 0) is 6.61 Å². The minimum absolute atomic E-state index is 0.0321. The fourth-order valence-corrected chi connectivity index (χ4v) is 2.98. The van der Waals surface area contributed by atoms with Crippen molar-refractivity contribution in [1.82, 2.24) is 5.32 Å². The zero-order chi connectivity index (χ0) is 17.9. The number of carbonyl (C=O) groups excluding carboxylic acids is 1. The zero-order valence-electron chi connectivity index (χ0n) is 14.5. The van der Waals surface area contributed by atoms with E-state index in [1.54, 1.807) is 12.1 Å². The topological polar surface area (TPSA) is 77.5 Å². The molecule has 1 saturated carbocycles. The van der Waals surface area contributed by atoms with E-state index in [1.807, 2.05) is 36.4 Å². The van der Waals surface area contributed by atoms with Gasteiger partial charge in [-0.2, -0.15) is 0 Å². The average Bonchev–Trinajstić information content (AvgIpc) is 3.42. The highest BCUT2D eigenvalue weighted by Crippen LogP contribution is 2.31. The van der Waals surface area contributed by atoms with Crippen molar-refractivity contribution in [2.24, 2.45) is 11.7 Å². The molecule has 5 heteroatoms. The molecule has 0 saturated heterocycles. The number of rotatable bonds is 7. The predicted octanol–water partition coefficient (Wildman–Crippen LogP) is 3.48. The molecule has 1 unspecified atom stereocenters. The number of nitrogens with two attached hydrogens (primary N) is 1. The maximum absolute atomic E-state index is 12.1. The lowest BCUT2D eigenvalue weighted by molar-refractivity contribution is 0.0918. The van der Waals surface area contributed by atoms with Crippen molar-refractivity contribution in [3.05, 3.63) is 66.1 Å². The van der Waals surface area contributed by atoms with Gasteiger partial charge in [-0.15, -0.1) is 0 Å². The largest absolute Gasteiger partial charge is 0.486 e. The van der Waals surface area contributed by atoms with E-state index in [2.05, 4.69) is 11.4 Å². The second-order valence-corrected chi connectivity index (χ2v) is 6.77. The molecule has 5 nitrogen and oxygen atoms in total. The number of furan rings is 1. The molecule has 3 N–H and O–H groups in total. The standard InChI is InChI=1S/C21H22N2O3/c22-19(15-5-6-15)12-23-21(24)20-10-9-18(26-20)13-25-17-8-7-14-3-1-2-4-16(14)11-17/h1-4,7-11,15,19H,5-6,12-13,22H2,(H,23,24). The molecule has 2 aromatic carbocycles. The summed E-state index contributed by atoms with van der Waals surface area (Å²) in [7, 11) is 0. The highest BCUT2D eigenvalue weighted by molar-refractivity contribution is 5.91. The number of carbonyl (C=O) groups is 1. The Hall–Kier alpha value is -2.79. The summed E-state index contributed by atoms with van der Waals surface area (Å²) in [5.41, 5.74) is 6.00. The number of benzene rings is 2. The Morgan fingerprint density at radius 2 is 1.96 bits per heavy atom. The number of fused-ring (bicyclic) bond motifs is 1. The summed E-state index contributed by atoms with van der Waals surface area (Å²) < 4.78 is 11.4. The molecule has 1 atom stereocenters. The zero-order valence-corrected chi connectivity index (χ0v) is 14.5. The molecule has 1 heterocycles. The molecule has 26 heavy (non-hydrogen) atoms. The lowest BCUT2D eigenvalue weighted by Crippen LogP contribution is -2.38. The van der Waals surface area contributed by atoms with Crippen molar-refractivity contribution in [3.63, 3.8) is 0 Å². The van der Waals surface area contributed by atoms with Crippen molar-refractivity contribution in [2.45, 2.75) is 25.5 Å². The summed E-state index contributed by atoms with van der Waals surface area (Å²) in [4.78, 5) is 12.1. The van der Waals surface area contributed by atoms with Gasteiger partial charge in [0.1, 0.15) is 18.1 Å². The molecule has 0 aliphatic heterocycles. The fourth-order valence-electron chi connectivity index (χ4n) is 2.98. The highest BCUT2D eigenvalue weighted by atomic mass is 16.5. The van der Waals surface area contributed by atoms with Gasteiger partial charge in [-0.3, -0.25) is 4.79 Å². The van der Waals surface area contributed by atoms with Crippen LogP contribution in [-0.4, -0.2) is 18.5 Å². The third-order valence-corrected chi connectivity index (χ3v) is 4.71. The van der Waals surface area contributed by atoms with Crippen molar-refractivity contribution < 1.29 is 13.9 Å². The van der Waals surface area contributed by atoms with E-state index in [-0.39, 0.29) is 24.3 Å². The third kappa shape index (κ3) is 3.89. The van der Waals surface area contributed by atoms with Crippen LogP contribution in [0.5, 0.6) is 5.75 Å². The second kappa shape index (κ2) is 7.22. The monoisotopic (exact) mass is 350 g/mol. The summed E-state index contributed by atoms with van der Waals surface area (Å²) >= 11 is 0. The van der Waals surface area contributed by atoms with Crippen LogP contribution in [0.1, 0.15) is 29.2 Å². The molecule has 1 aromatic heterocycles. The van der Waals surface area contributed by atoms with Gasteiger partial charge < -0.3 is 20.2 Å². The average molecular weight is 350 g/mol. The van der Waals surface area contributed by atoms with Gasteiger partial charge in [-0.1, -0.05) is 30.3 Å². The quantitative estimate of drug-likeness (QED) is 0.684. The van der Waals surface area contributed by atoms with Gasteiger partial charge in [-0.25, -0.2) is 0 Å². The van der Waals surface area contributed by atoms with Crippen LogP contribution in [0.2, 0.25) is 0 Å². The Bertz CT molecular complexity index is 914. The lowest BCUT2D eigenvalue weighted by atomic mass is 10.1. The molecule has 0 bridgehead atoms. The molecule has 134 valence electrons. The SMILES string of the molecule is NC(CNC(=O)c1ccc(COc2ccc3ccccc3c2)o1)C1CC1. The number of nitrogens with one attached hydrogen (secondary N) is 1. The molecule has 1 fully saturated rings. The number of hydrogen-bond donors (Lipinski definition) is 2. The first-order chi connectivity index (χ1) is 12.7. The van der Waals surface area contributed by atoms with Gasteiger partial charge in [0.25, 0.3) is 5.91 Å². The number of hydrogen-bond acceptors (Lipinski definition) is 4. The summed E-state index contributed by atoms with van der Waals surface area (Å²) in [5, 5.41) is 5.12. The van der Waals surface area contributed by atoms with E-state index in [4.69, 9.17) is 14.9 Å². The molecule has 0 radical (unpaired) electrons. The smallest absolute Gasteiger partial charge is 0.287 e. The molecular weight excluding hydrogens is 328 g/mol. The molecule has 1 aliphatic carbocycles. The fraction of sp³-hybridized carbons (Fsp3) is 0.286. The van der Waals surface area contributed by atoms with E-state index < -0.39 is 0 Å². The van der Waals surface area contributed by atoms with Crippen LogP contribution in [0.25, 0.3) is 10.8 Å². The van der Waals surface area contributed by atoms with Gasteiger partial charge in [0, 0.05) is 12.6 Å². The molecular formula is C21H22N2O3. The van der Waals surface area contributed by atoms with Crippen LogP contribution >= 0.6 is 0 Å². The summed E-state index contributed by atoms with van der Waals surface area (Å²) in [6, 6.07) is 17.5. The summed E-state index contributed by atoms with van der Waals surface area (Å²) in [6.45, 7) is 0.750. The minimum atomic E-state index is -0.238. The van der Waals surface area contributed by atoms with Crippen molar-refractivity contribution in [2.75, 3.05) is 6.54 Å². The predicted molar refractivity (Wildman–Crippen MR) is 100 cm³/mol. The Morgan fingerprint density at radius 1 is 1.15 bits per heavy atom. The van der Waals surface area contributed by atoms with Crippen molar-refractivity contribution in [1.29, 1.82) is 0 Å². The van der Waals surface area contributed by atoms with Crippen LogP contribution < -0.4 is 15.8 Å². The molecule has 0 spiro atoms. The van der Waals surface area contributed by atoms with Gasteiger partial charge in [-0.05, 0) is 53.8 Å². The van der Waals surface area contributed by atoms with Gasteiger partial charge in [0.05, 0.1) is 0 Å². The summed E-state index contributed by atoms with van der Waals surface area (Å²) in [6.07, 6.45) is 2.32. The van der Waals surface area contributed by atoms with Gasteiger partial charge in [0.15, 0.2) is 5.76 Å². The maximum Gasteiger partial charge on any atom is 0.287 e. The Morgan fingerprint density at radius 3 is 2.77 bits per heavy atom. The van der Waals surface area contributed by atoms with E-state index in [0.29, 0.717) is 18.2 Å². The van der Waals surface area contributed by atoms with E-state index in [1.165, 1.54) is 5.39 Å². The van der Waals surface area contributed by atoms with Crippen molar-refractivity contribution in [3.8, 4) is 5.75 Å². The number of ether oxygens (including phenoxy) is 1. The van der Waals surface area contributed by atoms with Crippen LogP contribution in [0, 0.1) is 5.92 Å². The first kappa shape index (κ1) is 16.7. The summed E-state index contributed by atoms with van der Waals surface area (Å²) in [5.74, 6) is 1.97. The van der Waals surface area contributed by atoms with Gasteiger partial charge in [0.2, 0.25) is 0 Å². The van der Waals surface area contributed by atoms with Crippen molar-refractivity contribution >= 4 is 16.7 Å². The van der Waals surface area contributed by atoms with Crippen LogP contribution in [0.4, 0.5) is 0 Å². The third-order valence-electron chi connectivity index (χ3n) is 4.71. The second-order valence-electron chi connectivity index (χ2n) is 6.77. The number of amides is 1. The van der Waals surface area contributed by atoms with Crippen LogP contribution in [0.3, 0.4) is 0 Å². The van der Waals surface area contributed by atoms with Crippen LogP contribution in [0.15, 0.2) is 59.0 Å². The molecule has 1 amide bonds. The Labute approximate surface area is 152 Å². The highest BCUT2D eigenvalue weighted by Gasteiger charge is 2.28.